The van der Waals surface area contributed by atoms with Crippen LogP contribution in [-0.2, 0) is 19.1 Å². The number of aryl methyl sites for hydroxylation is 1. The molecule has 8 heteroatoms. The summed E-state index contributed by atoms with van der Waals surface area (Å²) in [7, 11) is 0. The number of carbonyl (C=O) groups excluding carboxylic acids is 2. The van der Waals surface area contributed by atoms with E-state index in [0.29, 0.717) is 6.42 Å². The lowest BCUT2D eigenvalue weighted by Crippen LogP contribution is -2.45. The van der Waals surface area contributed by atoms with Gasteiger partial charge in [-0.2, -0.15) is 0 Å². The highest BCUT2D eigenvalue weighted by molar-refractivity contribution is 7.09. The summed E-state index contributed by atoms with van der Waals surface area (Å²) in [6.07, 6.45) is 4.02. The van der Waals surface area contributed by atoms with E-state index in [1.807, 2.05) is 31.4 Å². The molecule has 0 radical (unpaired) electrons. The topological polar surface area (TPSA) is 109 Å². The van der Waals surface area contributed by atoms with Crippen LogP contribution in [0.4, 0.5) is 0 Å². The van der Waals surface area contributed by atoms with Crippen molar-refractivity contribution in [3.8, 4) is 0 Å². The van der Waals surface area contributed by atoms with Gasteiger partial charge in [-0.05, 0) is 37.8 Å². The number of rotatable bonds is 2. The van der Waals surface area contributed by atoms with Crippen LogP contribution in [0.1, 0.15) is 70.5 Å². The van der Waals surface area contributed by atoms with Crippen molar-refractivity contribution < 1.29 is 29.3 Å². The van der Waals surface area contributed by atoms with Crippen LogP contribution in [0.5, 0.6) is 0 Å². The largest absolute Gasteiger partial charge is 0.458 e. The summed E-state index contributed by atoms with van der Waals surface area (Å²) in [5.41, 5.74) is -0.382. The minimum atomic E-state index is -1.22. The highest BCUT2D eigenvalue weighted by Crippen LogP contribution is 2.35. The Morgan fingerprint density at radius 2 is 1.91 bits per heavy atom. The molecule has 184 valence electrons. The Labute approximate surface area is 200 Å². The third-order valence-corrected chi connectivity index (χ3v) is 7.83. The van der Waals surface area contributed by atoms with Crippen LogP contribution in [0.3, 0.4) is 0 Å². The molecule has 0 spiro atoms. The van der Waals surface area contributed by atoms with E-state index in [4.69, 9.17) is 9.47 Å². The summed E-state index contributed by atoms with van der Waals surface area (Å²) in [6, 6.07) is 0. The highest BCUT2D eigenvalue weighted by Gasteiger charge is 2.44. The average Bonchev–Trinajstić information content (AvgIpc) is 3.35. The molecular weight excluding hydrogens is 442 g/mol. The number of epoxide rings is 1. The molecule has 7 atom stereocenters. The Bertz CT molecular complexity index is 865. The number of nitrogens with zero attached hydrogens (tertiary/aromatic N) is 1. The Hall–Kier alpha value is -1.61. The van der Waals surface area contributed by atoms with Gasteiger partial charge in [-0.15, -0.1) is 11.3 Å². The smallest absolute Gasteiger partial charge is 0.309 e. The number of Topliss-reactive ketones (excluding diaryl/α,β-unsaturated/α-hetero) is 1. The first-order chi connectivity index (χ1) is 15.5. The van der Waals surface area contributed by atoms with E-state index in [-0.39, 0.29) is 30.3 Å². The van der Waals surface area contributed by atoms with Crippen molar-refractivity contribution in [2.24, 2.45) is 17.3 Å². The molecule has 2 saturated heterocycles. The van der Waals surface area contributed by atoms with Crippen LogP contribution >= 0.6 is 11.3 Å². The zero-order chi connectivity index (χ0) is 24.3. The van der Waals surface area contributed by atoms with Crippen LogP contribution in [-0.4, -0.2) is 57.5 Å². The molecule has 1 aromatic heterocycles. The molecule has 0 bridgehead atoms. The number of cyclic esters (lactones) is 1. The fourth-order valence-corrected chi connectivity index (χ4v) is 5.12. The zero-order valence-corrected chi connectivity index (χ0v) is 21.0. The minimum Gasteiger partial charge on any atom is -0.458 e. The van der Waals surface area contributed by atoms with Gasteiger partial charge in [-0.1, -0.05) is 34.1 Å². The minimum absolute atomic E-state index is 0.0135. The van der Waals surface area contributed by atoms with Crippen molar-refractivity contribution in [1.82, 2.24) is 4.98 Å². The summed E-state index contributed by atoms with van der Waals surface area (Å²) in [5.74, 6) is -1.52. The number of aliphatic hydroxyl groups is 2. The third kappa shape index (κ3) is 6.72. The van der Waals surface area contributed by atoms with Crippen LogP contribution in [0.25, 0.3) is 6.08 Å². The number of esters is 1. The predicted octanol–water partition coefficient (Wildman–Crippen LogP) is 3.70. The molecule has 0 amide bonds. The lowest BCUT2D eigenvalue weighted by molar-refractivity contribution is -0.154. The first kappa shape index (κ1) is 26.0. The van der Waals surface area contributed by atoms with Gasteiger partial charge >= 0.3 is 5.97 Å². The van der Waals surface area contributed by atoms with Crippen LogP contribution in [0.15, 0.2) is 11.5 Å². The molecule has 1 aromatic rings. The summed E-state index contributed by atoms with van der Waals surface area (Å²) in [6.45, 7) is 8.82. The number of ketones is 1. The quantitative estimate of drug-likeness (QED) is 0.492. The number of aliphatic hydroxyl groups excluding tert-OH is 2. The molecule has 2 N–H and O–H groups in total. The maximum absolute atomic E-state index is 13.1. The molecule has 7 nitrogen and oxygen atoms in total. The van der Waals surface area contributed by atoms with Crippen molar-refractivity contribution in [2.75, 3.05) is 0 Å². The van der Waals surface area contributed by atoms with E-state index in [9.17, 15) is 19.8 Å². The van der Waals surface area contributed by atoms with E-state index in [1.54, 1.807) is 32.1 Å². The van der Waals surface area contributed by atoms with Crippen LogP contribution in [0.2, 0.25) is 0 Å². The van der Waals surface area contributed by atoms with E-state index in [2.05, 4.69) is 4.98 Å². The summed E-state index contributed by atoms with van der Waals surface area (Å²) >= 11 is 1.55. The second-order valence-electron chi connectivity index (χ2n) is 10.1. The lowest BCUT2D eigenvalue weighted by Gasteiger charge is -2.34. The van der Waals surface area contributed by atoms with Gasteiger partial charge < -0.3 is 19.7 Å². The molecular formula is C25H37NO6S. The Kier molecular flexibility index (Phi) is 8.48. The lowest BCUT2D eigenvalue weighted by atomic mass is 9.73. The summed E-state index contributed by atoms with van der Waals surface area (Å²) in [5, 5.41) is 24.4. The standard InChI is InChI=1S/C25H37NO6S/c1-14-7-6-8-19-20(32-19)11-18(10-9-17-13-33-16(3)26-17)31-22(28)12-21(27)25(4,5)24(30)15(2)23(14)29/h9-10,13-15,18-21,23,27,29H,6-8,11-12H2,1-5H3/t14-,15+,18+,19+,20-,21-,23-/m0/s1. The second kappa shape index (κ2) is 10.8. The SMILES string of the molecule is Cc1nc(C=C[C@@H]2C[C@@H]3O[C@@H]3CCC[C@H](C)[C@H](O)[C@@H](C)C(=O)C(C)(C)[C@@H](O)CC(=O)O2)cs1. The van der Waals surface area contributed by atoms with Gasteiger partial charge in [-0.3, -0.25) is 9.59 Å². The van der Waals surface area contributed by atoms with E-state index < -0.39 is 35.6 Å². The fraction of sp³-hybridized carbons (Fsp3) is 0.720. The second-order valence-corrected chi connectivity index (χ2v) is 11.2. The van der Waals surface area contributed by atoms with Gasteiger partial charge in [0.1, 0.15) is 11.9 Å². The number of hydrogen-bond donors (Lipinski definition) is 2. The molecule has 0 saturated carbocycles. The maximum Gasteiger partial charge on any atom is 0.309 e. The zero-order valence-electron chi connectivity index (χ0n) is 20.2. The molecule has 3 rings (SSSR count). The van der Waals surface area contributed by atoms with Gasteiger partial charge in [0.15, 0.2) is 0 Å². The number of hydrogen-bond acceptors (Lipinski definition) is 8. The molecule has 33 heavy (non-hydrogen) atoms. The van der Waals surface area contributed by atoms with Crippen molar-refractivity contribution in [2.45, 2.75) is 97.2 Å². The monoisotopic (exact) mass is 479 g/mol. The number of thiazole rings is 1. The normalized spacial score (nSPS) is 36.4. The Morgan fingerprint density at radius 3 is 2.58 bits per heavy atom. The van der Waals surface area contributed by atoms with Crippen molar-refractivity contribution >= 4 is 29.2 Å². The molecule has 3 heterocycles. The van der Waals surface area contributed by atoms with Gasteiger partial charge in [0.25, 0.3) is 0 Å². The predicted molar refractivity (Wildman–Crippen MR) is 127 cm³/mol. The molecule has 2 aliphatic heterocycles. The first-order valence-electron chi connectivity index (χ1n) is 11.8. The number of ether oxygens (including phenoxy) is 2. The Balaban J connectivity index is 1.77. The van der Waals surface area contributed by atoms with Crippen LogP contribution in [0, 0.1) is 24.2 Å². The summed E-state index contributed by atoms with van der Waals surface area (Å²) in [4.78, 5) is 30.2. The van der Waals surface area contributed by atoms with Gasteiger partial charge in [0, 0.05) is 17.7 Å². The highest BCUT2D eigenvalue weighted by atomic mass is 32.1. The molecule has 0 aromatic carbocycles. The average molecular weight is 480 g/mol. The van der Waals surface area contributed by atoms with Crippen LogP contribution < -0.4 is 0 Å². The molecule has 0 aliphatic carbocycles. The third-order valence-electron chi connectivity index (χ3n) is 7.04. The number of aromatic nitrogens is 1. The van der Waals surface area contributed by atoms with E-state index in [1.165, 1.54) is 0 Å². The molecule has 2 aliphatic rings. The molecule has 0 unspecified atom stereocenters. The van der Waals surface area contributed by atoms with E-state index >= 15 is 0 Å². The fourth-order valence-electron chi connectivity index (χ4n) is 4.54. The number of carbonyl (C=O) groups is 2. The van der Waals surface area contributed by atoms with Crippen molar-refractivity contribution in [3.05, 3.63) is 22.2 Å². The van der Waals surface area contributed by atoms with Gasteiger partial charge in [-0.25, -0.2) is 4.98 Å². The van der Waals surface area contributed by atoms with Gasteiger partial charge in [0.2, 0.25) is 0 Å². The first-order valence-corrected chi connectivity index (χ1v) is 12.7. The van der Waals surface area contributed by atoms with Crippen molar-refractivity contribution in [3.63, 3.8) is 0 Å². The number of fused-ring (bicyclic) bond motifs is 1. The maximum atomic E-state index is 13.1. The van der Waals surface area contributed by atoms with Gasteiger partial charge in [0.05, 0.1) is 47.0 Å². The summed E-state index contributed by atoms with van der Waals surface area (Å²) < 4.78 is 11.5. The van der Waals surface area contributed by atoms with E-state index in [0.717, 1.165) is 30.0 Å². The Morgan fingerprint density at radius 1 is 1.18 bits per heavy atom. The molecule has 2 fully saturated rings. The van der Waals surface area contributed by atoms with Crippen molar-refractivity contribution in [1.29, 1.82) is 0 Å².